The van der Waals surface area contributed by atoms with E-state index in [9.17, 15) is 38.7 Å². The summed E-state index contributed by atoms with van der Waals surface area (Å²) >= 11 is 0. The Balaban J connectivity index is 1.94. The van der Waals surface area contributed by atoms with E-state index in [1.165, 1.54) is 32.2 Å². The first-order chi connectivity index (χ1) is 25.1. The van der Waals surface area contributed by atoms with Gasteiger partial charge in [0.1, 0.15) is 35.9 Å². The van der Waals surface area contributed by atoms with Gasteiger partial charge in [-0.1, -0.05) is 6.92 Å². The second-order valence-electron chi connectivity index (χ2n) is 14.5. The molecule has 18 heteroatoms. The number of nitrogens with zero attached hydrogens (tertiary/aromatic N) is 1. The monoisotopic (exact) mass is 761 g/mol. The summed E-state index contributed by atoms with van der Waals surface area (Å²) in [6.45, 7) is 6.87. The molecule has 2 aliphatic carbocycles. The molecule has 2 saturated carbocycles. The average Bonchev–Trinajstić information content (AvgIpc) is 3.29. The Morgan fingerprint density at radius 3 is 2.09 bits per heavy atom. The summed E-state index contributed by atoms with van der Waals surface area (Å²) in [7, 11) is 0. The van der Waals surface area contributed by atoms with E-state index in [0.717, 1.165) is 41.5 Å². The number of cyclic esters (lactones) is 1. The van der Waals surface area contributed by atoms with Crippen LogP contribution in [0.15, 0.2) is 18.3 Å². The molecular weight excluding hydrogens is 718 g/mol. The minimum atomic E-state index is -2.80. The van der Waals surface area contributed by atoms with Crippen molar-refractivity contribution in [2.45, 2.75) is 116 Å². The van der Waals surface area contributed by atoms with E-state index < -0.39 is 125 Å². The summed E-state index contributed by atoms with van der Waals surface area (Å²) in [4.78, 5) is 111. The van der Waals surface area contributed by atoms with Crippen molar-refractivity contribution in [3.05, 3.63) is 29.6 Å². The van der Waals surface area contributed by atoms with Crippen LogP contribution in [0.1, 0.15) is 77.9 Å². The van der Waals surface area contributed by atoms with Gasteiger partial charge in [-0.2, -0.15) is 0 Å². The number of hydrogen-bond acceptors (Lipinski definition) is 18. The highest BCUT2D eigenvalue weighted by molar-refractivity contribution is 5.94. The molecule has 3 fully saturated rings. The molecule has 1 N–H and O–H groups in total. The van der Waals surface area contributed by atoms with E-state index in [4.69, 9.17) is 37.9 Å². The fourth-order valence-corrected chi connectivity index (χ4v) is 8.61. The van der Waals surface area contributed by atoms with Gasteiger partial charge in [-0.05, 0) is 38.8 Å². The predicted molar refractivity (Wildman–Crippen MR) is 175 cm³/mol. The number of aromatic nitrogens is 1. The zero-order valence-corrected chi connectivity index (χ0v) is 31.0. The van der Waals surface area contributed by atoms with Gasteiger partial charge in [0, 0.05) is 40.8 Å². The third-order valence-corrected chi connectivity index (χ3v) is 10.6. The third kappa shape index (κ3) is 6.37. The lowest BCUT2D eigenvalue weighted by molar-refractivity contribution is -0.376. The van der Waals surface area contributed by atoms with Crippen molar-refractivity contribution in [3.8, 4) is 0 Å². The lowest BCUT2D eigenvalue weighted by Crippen LogP contribution is -2.88. The fraction of sp³-hybridized carbons (Fsp3) is 0.639. The van der Waals surface area contributed by atoms with Crippen molar-refractivity contribution in [3.63, 3.8) is 0 Å². The lowest BCUT2D eigenvalue weighted by Gasteiger charge is -2.66. The van der Waals surface area contributed by atoms with Crippen LogP contribution in [0.25, 0.3) is 0 Å². The molecule has 1 saturated heterocycles. The first kappa shape index (κ1) is 40.2. The number of Topliss-reactive ketones (excluding diaryl/α,β-unsaturated/α-hetero) is 1. The molecule has 4 bridgehead atoms. The minimum Gasteiger partial charge on any atom is -0.465 e. The molecule has 3 heterocycles. The zero-order valence-electron chi connectivity index (χ0n) is 31.0. The molecule has 2 aliphatic heterocycles. The molecule has 11 atom stereocenters. The van der Waals surface area contributed by atoms with E-state index in [1.807, 2.05) is 0 Å². The fourth-order valence-electron chi connectivity index (χ4n) is 8.61. The number of fused-ring (bicyclic) bond motifs is 5. The minimum absolute atomic E-state index is 0.0242. The van der Waals surface area contributed by atoms with Crippen LogP contribution in [-0.4, -0.2) is 118 Å². The second kappa shape index (κ2) is 14.4. The lowest BCUT2D eigenvalue weighted by atomic mass is 9.45. The Bertz CT molecular complexity index is 1770. The molecular formula is C36H43NO17. The second-order valence-corrected chi connectivity index (χ2v) is 14.5. The van der Waals surface area contributed by atoms with Gasteiger partial charge in [0.25, 0.3) is 0 Å². The number of carbonyl (C=O) groups excluding carboxylic acids is 8. The molecule has 4 aliphatic rings. The van der Waals surface area contributed by atoms with Crippen molar-refractivity contribution < 1.29 is 81.4 Å². The number of aliphatic hydroxyl groups is 1. The molecule has 0 aromatic carbocycles. The summed E-state index contributed by atoms with van der Waals surface area (Å²) in [6, 6.07) is 2.93. The molecule has 0 amide bonds. The highest BCUT2D eigenvalue weighted by Gasteiger charge is 2.91. The van der Waals surface area contributed by atoms with E-state index in [1.54, 1.807) is 0 Å². The average molecular weight is 762 g/mol. The normalized spacial score (nSPS) is 37.3. The van der Waals surface area contributed by atoms with Gasteiger partial charge < -0.3 is 43.0 Å². The number of rotatable bonds is 6. The molecule has 1 aromatic rings. The maximum Gasteiger partial charge on any atom is 0.340 e. The van der Waals surface area contributed by atoms with Crippen molar-refractivity contribution in [1.82, 2.24) is 4.98 Å². The van der Waals surface area contributed by atoms with Crippen LogP contribution < -0.4 is 0 Å². The van der Waals surface area contributed by atoms with Crippen LogP contribution in [0.2, 0.25) is 0 Å². The number of ether oxygens (including phenoxy) is 8. The molecule has 11 unspecified atom stereocenters. The maximum atomic E-state index is 15.1. The van der Waals surface area contributed by atoms with E-state index >= 15 is 4.79 Å². The van der Waals surface area contributed by atoms with Gasteiger partial charge in [0.05, 0.1) is 23.1 Å². The Kier molecular flexibility index (Phi) is 10.7. The molecule has 18 nitrogen and oxygen atoms in total. The number of hydrogen-bond donors (Lipinski definition) is 1. The van der Waals surface area contributed by atoms with E-state index in [0.29, 0.717) is 0 Å². The van der Waals surface area contributed by atoms with Crippen LogP contribution in [0.4, 0.5) is 0 Å². The Hall–Kier alpha value is -4.97. The first-order valence-electron chi connectivity index (χ1n) is 17.2. The number of esters is 7. The van der Waals surface area contributed by atoms with Crippen molar-refractivity contribution in [2.75, 3.05) is 13.2 Å². The van der Waals surface area contributed by atoms with Crippen LogP contribution in [0.3, 0.4) is 0 Å². The van der Waals surface area contributed by atoms with Gasteiger partial charge >= 0.3 is 41.8 Å². The Morgan fingerprint density at radius 2 is 1.50 bits per heavy atom. The standard InChI is InChI=1S/C36H43NO17/c1-16-11-12-23-22(10-9-13-37-23)32(45)48-14-33(7)24-25(43)28(51-20(5)41)35(15-47-17(2)38)30(52-21(6)42)26(49-18(3)39)29(53-31(16)44)34(8,46)36(35,54-33)27(24)50-19(4)40/h9-10,13,16,24,26-30,46H,11-12,14-15H2,1-8H3. The first-order valence-corrected chi connectivity index (χ1v) is 17.2. The summed E-state index contributed by atoms with van der Waals surface area (Å²) in [5, 5.41) is 13.2. The maximum absolute atomic E-state index is 15.1. The third-order valence-electron chi connectivity index (χ3n) is 10.6. The summed E-state index contributed by atoms with van der Waals surface area (Å²) in [6.07, 6.45) is -8.78. The summed E-state index contributed by atoms with van der Waals surface area (Å²) in [5.74, 6) is -10.9. The van der Waals surface area contributed by atoms with Gasteiger partial charge in [0.15, 0.2) is 35.8 Å². The largest absolute Gasteiger partial charge is 0.465 e. The highest BCUT2D eigenvalue weighted by atomic mass is 16.7. The molecule has 54 heavy (non-hydrogen) atoms. The SMILES string of the molecule is CC(=O)OCC12C(OC(C)=O)C(=O)C3C(OC(C)=O)C14OC3(C)COC(=O)c1cccnc1CCC(C)C(=O)OC(C(OC(C)=O)C2OC(C)=O)C4(C)O. The van der Waals surface area contributed by atoms with Gasteiger partial charge in [-0.15, -0.1) is 0 Å². The highest BCUT2D eigenvalue weighted by Crippen LogP contribution is 2.68. The van der Waals surface area contributed by atoms with Crippen molar-refractivity contribution >= 4 is 47.6 Å². The predicted octanol–water partition coefficient (Wildman–Crippen LogP) is 0.500. The Morgan fingerprint density at radius 1 is 0.889 bits per heavy atom. The van der Waals surface area contributed by atoms with Gasteiger partial charge in [-0.3, -0.25) is 38.5 Å². The van der Waals surface area contributed by atoms with Gasteiger partial charge in [-0.25, -0.2) is 4.79 Å². The smallest absolute Gasteiger partial charge is 0.340 e. The quantitative estimate of drug-likeness (QED) is 0.306. The zero-order chi connectivity index (χ0) is 40.1. The molecule has 1 spiro atoms. The van der Waals surface area contributed by atoms with Crippen LogP contribution in [-0.2, 0) is 77.9 Å². The van der Waals surface area contributed by atoms with Crippen molar-refractivity contribution in [2.24, 2.45) is 17.3 Å². The molecule has 0 radical (unpaired) electrons. The summed E-state index contributed by atoms with van der Waals surface area (Å²) < 4.78 is 47.2. The number of aryl methyl sites for hydroxylation is 1. The molecule has 1 aromatic heterocycles. The number of ketones is 1. The Labute approximate surface area is 309 Å². The van der Waals surface area contributed by atoms with E-state index in [2.05, 4.69) is 4.98 Å². The molecule has 5 rings (SSSR count). The number of carbonyl (C=O) groups is 8. The molecule has 294 valence electrons. The van der Waals surface area contributed by atoms with Crippen LogP contribution in [0, 0.1) is 17.3 Å². The van der Waals surface area contributed by atoms with Gasteiger partial charge in [0.2, 0.25) is 0 Å². The van der Waals surface area contributed by atoms with Crippen LogP contribution in [0.5, 0.6) is 0 Å². The summed E-state index contributed by atoms with van der Waals surface area (Å²) in [5.41, 5.74) is -10.0. The van der Waals surface area contributed by atoms with Crippen LogP contribution >= 0.6 is 0 Å². The van der Waals surface area contributed by atoms with E-state index in [-0.39, 0.29) is 24.1 Å². The topological polar surface area (TPSA) is 244 Å². The van der Waals surface area contributed by atoms with Crippen molar-refractivity contribution in [1.29, 1.82) is 0 Å². The number of pyridine rings is 1.